The molecule has 0 radical (unpaired) electrons. The Bertz CT molecular complexity index is 5690. The molecule has 47 heteroatoms. The zero-order chi connectivity index (χ0) is 78.9. The summed E-state index contributed by atoms with van der Waals surface area (Å²) in [7, 11) is -9.78. The number of carbonyl (C=O) groups excluding carboxylic acids is 11. The standard InChI is InChI=1S/C19H15N5O11S2.C19H15N5O7.C13H13N3O3.C11H8N2O6S.K.Na/c25-14-10(15(26)22-18(29)21-14)12-8-3-2-7(36(31,32)4-1-5-37(33,34)35)6-9(8)13(20-12)11-16(27)23-19(30)24-17(11)28;1-8(25)15(16(26)20-11-2-3-13-14(7-11)22-19(31)21-13)24-23-12-5-9(17(27)28)4-10(6-12)18(29)30;1-16(2)9-5-3-8(4-6-9)7-10-11(17)14-13(19)15-12(10)18;14-9-7(10(15)13-11(16)12-9)5-6-3-1-2-4-8(6)20(17,18)19;;/h2-3,6H,1,4-5H2,(H,33,34,35)(H2,21,22,25,26,29)(H3,23,24,27,28,30);2-7,15H,1H3,(H,20,26)(H,27,28)(H,29,30)(H2,21,22,31);3-7H,1-2H3,(H2,14,15,17,18,19);1-5H,(H,17,18,19)(H2,12,13,14,15,16);;/q;;;;2*+1/p-2. The van der Waals surface area contributed by atoms with Gasteiger partial charge in [0.1, 0.15) is 32.4 Å². The number of amides is 13. The number of aromatic hydroxyl groups is 1. The van der Waals surface area contributed by atoms with Crippen LogP contribution in [-0.4, -0.2) is 184 Å². The van der Waals surface area contributed by atoms with Crippen molar-refractivity contribution < 1.29 is 193 Å². The number of benzene rings is 5. The molecule has 0 spiro atoms. The number of aromatic amines is 4. The van der Waals surface area contributed by atoms with Crippen LogP contribution in [0.2, 0.25) is 0 Å². The number of aromatic carboxylic acids is 2. The molecule has 0 bridgehead atoms. The number of imide groups is 6. The van der Waals surface area contributed by atoms with Crippen LogP contribution in [0.25, 0.3) is 28.9 Å². The van der Waals surface area contributed by atoms with Crippen LogP contribution in [0.4, 0.5) is 31.4 Å². The van der Waals surface area contributed by atoms with Crippen LogP contribution in [0.3, 0.4) is 0 Å². The van der Waals surface area contributed by atoms with Crippen molar-refractivity contribution in [2.75, 3.05) is 35.8 Å². The number of hydrogen-bond donors (Lipinski definition) is 14. The minimum atomic E-state index is -4.75. The number of nitrogens with one attached hydrogen (secondary N) is 11. The van der Waals surface area contributed by atoms with E-state index < -0.39 is 186 Å². The van der Waals surface area contributed by atoms with Crippen molar-refractivity contribution in [2.45, 2.75) is 29.2 Å². The average molecular weight is 1590 g/mol. The largest absolute Gasteiger partial charge is 1.00 e. The number of carboxylic acids is 2. The van der Waals surface area contributed by atoms with Gasteiger partial charge in [-0.25, -0.2) is 63.8 Å². The maximum Gasteiger partial charge on any atom is 1.00 e. The SMILES string of the molecule is CC(=O)C(N=Nc1cc(C(=O)O)cc(C(=O)O)c1)C(=O)Nc1ccc2[nH]c(=O)[nH]c2c1.CN(C)c1ccc(C=C2C(=O)NC(=O)NC2=O)cc1.O=C1NC(=O)C(=C2N=C(c3c(O)[nH]c(=O)[nH]c3=O)c3cc(S(=O)(=O)CCCS(=O)(=O)[O-])ccc32)C(=O)N1.O=C1NC(=O)C(=Cc2ccccc2S(=O)(=O)[O-])C(=O)N1.[K+].[Na+]. The van der Waals surface area contributed by atoms with E-state index >= 15 is 0 Å². The fourth-order valence-electron chi connectivity index (χ4n) is 9.56. The number of azo groups is 1. The number of ketones is 1. The van der Waals surface area contributed by atoms with Gasteiger partial charge in [-0.1, -0.05) is 36.4 Å². The second-order valence-electron chi connectivity index (χ2n) is 22.2. The van der Waals surface area contributed by atoms with E-state index in [1.165, 1.54) is 36.4 Å². The fourth-order valence-corrected chi connectivity index (χ4v) is 12.2. The normalized spacial score (nSPS) is 14.2. The summed E-state index contributed by atoms with van der Waals surface area (Å²) in [6.45, 7) is 1.12. The Hall–Kier alpha value is -11.5. The van der Waals surface area contributed by atoms with Crippen LogP contribution >= 0.6 is 0 Å². The number of sulfone groups is 1. The number of Topliss-reactive ketones (excluding diaryl/α,β-unsaturated/α-hetero) is 1. The van der Waals surface area contributed by atoms with Crippen molar-refractivity contribution >= 4 is 159 Å². The first-order valence-electron chi connectivity index (χ1n) is 29.6. The molecule has 0 aliphatic carbocycles. The van der Waals surface area contributed by atoms with Gasteiger partial charge in [0.2, 0.25) is 11.9 Å². The predicted octanol–water partition coefficient (Wildman–Crippen LogP) is -6.81. The summed E-state index contributed by atoms with van der Waals surface area (Å²) in [5, 5.41) is 49.7. The Balaban J connectivity index is 0.000000234. The number of nitrogens with zero attached hydrogens (tertiary/aromatic N) is 4. The third-order valence-corrected chi connectivity index (χ3v) is 17.9. The molecule has 0 saturated carbocycles. The van der Waals surface area contributed by atoms with Gasteiger partial charge in [0.25, 0.3) is 46.9 Å². The Morgan fingerprint density at radius 2 is 1.13 bits per heavy atom. The number of aromatic nitrogens is 4. The van der Waals surface area contributed by atoms with Crippen LogP contribution in [0, 0.1) is 0 Å². The molecule has 1 unspecified atom stereocenters. The molecule has 109 heavy (non-hydrogen) atoms. The molecule has 2 aromatic heterocycles. The summed E-state index contributed by atoms with van der Waals surface area (Å²) < 4.78 is 91.2. The van der Waals surface area contributed by atoms with Crippen molar-refractivity contribution in [3.8, 4) is 5.88 Å². The monoisotopic (exact) mass is 1590 g/mol. The predicted molar refractivity (Wildman–Crippen MR) is 363 cm³/mol. The van der Waals surface area contributed by atoms with Gasteiger partial charge in [0.15, 0.2) is 15.6 Å². The summed E-state index contributed by atoms with van der Waals surface area (Å²) in [5.74, 6) is -12.4. The molecule has 11 rings (SSSR count). The molecule has 1 atom stereocenters. The van der Waals surface area contributed by atoms with Crippen molar-refractivity contribution in [3.05, 3.63) is 190 Å². The molecule has 6 heterocycles. The van der Waals surface area contributed by atoms with E-state index in [1.807, 2.05) is 73.0 Å². The van der Waals surface area contributed by atoms with Crippen molar-refractivity contribution in [1.82, 2.24) is 51.8 Å². The fraction of sp³-hybridized carbons (Fsp3) is 0.113. The number of imidazole rings is 1. The molecular weight excluding hydrogens is 1550 g/mol. The first-order valence-corrected chi connectivity index (χ1v) is 34.2. The topological polar surface area (TPSA) is 670 Å². The molecule has 42 nitrogen and oxygen atoms in total. The third-order valence-electron chi connectivity index (χ3n) is 14.4. The van der Waals surface area contributed by atoms with Gasteiger partial charge < -0.3 is 44.6 Å². The Kier molecular flexibility index (Phi) is 28.5. The van der Waals surface area contributed by atoms with Crippen LogP contribution in [-0.2, 0) is 68.4 Å². The zero-order valence-electron chi connectivity index (χ0n) is 56.3. The van der Waals surface area contributed by atoms with E-state index in [-0.39, 0.29) is 131 Å². The zero-order valence-corrected chi connectivity index (χ0v) is 63.9. The maximum atomic E-state index is 12.8. The number of carbonyl (C=O) groups is 13. The van der Waals surface area contributed by atoms with Crippen LogP contribution in [0.1, 0.15) is 61.9 Å². The van der Waals surface area contributed by atoms with Crippen molar-refractivity contribution in [1.29, 1.82) is 0 Å². The van der Waals surface area contributed by atoms with Gasteiger partial charge in [0.05, 0.1) is 64.9 Å². The van der Waals surface area contributed by atoms with Gasteiger partial charge >= 0.3 is 122 Å². The van der Waals surface area contributed by atoms with Gasteiger partial charge in [-0.15, -0.1) is 0 Å². The molecule has 4 aliphatic heterocycles. The van der Waals surface area contributed by atoms with Crippen LogP contribution in [0.15, 0.2) is 159 Å². The van der Waals surface area contributed by atoms with Gasteiger partial charge in [0, 0.05) is 42.3 Å². The van der Waals surface area contributed by atoms with E-state index in [0.717, 1.165) is 61.2 Å². The first kappa shape index (κ1) is 86.4. The number of urea groups is 3. The summed E-state index contributed by atoms with van der Waals surface area (Å²) >= 11 is 0. The average Bonchev–Trinajstić information content (AvgIpc) is 1.59. The minimum absolute atomic E-state index is 0. The molecule has 14 N–H and O–H groups in total. The summed E-state index contributed by atoms with van der Waals surface area (Å²) in [5.41, 5.74) is -3.46. The number of hydrogen-bond acceptors (Lipinski definition) is 29. The van der Waals surface area contributed by atoms with Gasteiger partial charge in [-0.3, -0.25) is 85.0 Å². The van der Waals surface area contributed by atoms with Crippen molar-refractivity contribution in [3.63, 3.8) is 0 Å². The Morgan fingerprint density at radius 3 is 1.64 bits per heavy atom. The van der Waals surface area contributed by atoms with Crippen LogP contribution < -0.4 is 140 Å². The summed E-state index contributed by atoms with van der Waals surface area (Å²) in [6, 6.07) is 18.8. The molecule has 554 valence electrons. The second-order valence-corrected chi connectivity index (χ2v) is 27.2. The quantitative estimate of drug-likeness (QED) is 0.0101. The number of rotatable bonds is 17. The molecule has 5 aromatic carbocycles. The minimum Gasteiger partial charge on any atom is -0.748 e. The third kappa shape index (κ3) is 22.3. The first-order chi connectivity index (χ1) is 50.1. The van der Waals surface area contributed by atoms with E-state index in [2.05, 4.69) is 30.5 Å². The Morgan fingerprint density at radius 1 is 0.606 bits per heavy atom. The number of barbiturate groups is 3. The maximum absolute atomic E-state index is 12.8. The van der Waals surface area contributed by atoms with Crippen molar-refractivity contribution in [2.24, 2.45) is 15.2 Å². The van der Waals surface area contributed by atoms with E-state index in [9.17, 15) is 116 Å². The van der Waals surface area contributed by atoms with Gasteiger partial charge in [-0.05, 0) is 103 Å². The summed E-state index contributed by atoms with van der Waals surface area (Å²) in [6.07, 6.45) is 1.87. The molecule has 3 fully saturated rings. The smallest absolute Gasteiger partial charge is 0.748 e. The Labute approximate surface area is 673 Å². The molecule has 13 amide bonds. The number of aliphatic imine (C=N–C) groups is 1. The van der Waals surface area contributed by atoms with E-state index in [1.54, 1.807) is 18.2 Å². The van der Waals surface area contributed by atoms with Gasteiger partial charge in [-0.2, -0.15) is 10.2 Å². The van der Waals surface area contributed by atoms with E-state index in [4.69, 9.17) is 10.2 Å². The molecule has 7 aromatic rings. The van der Waals surface area contributed by atoms with Crippen LogP contribution in [0.5, 0.6) is 5.88 Å². The number of carboxylic acid groups (broad SMARTS) is 2. The number of fused-ring (bicyclic) bond motifs is 2. The molecule has 4 aliphatic rings. The number of H-pyrrole nitrogens is 4. The number of anilines is 2. The summed E-state index contributed by atoms with van der Waals surface area (Å²) in [4.78, 5) is 200. The molecule has 3 saturated heterocycles. The van der Waals surface area contributed by atoms with E-state index in [0.29, 0.717) is 16.6 Å². The second kappa shape index (κ2) is 35.9. The molecular formula is C62H49KN15NaO27S3.